The fourth-order valence-corrected chi connectivity index (χ4v) is 4.31. The molecule has 1 N–H and O–H groups in total. The third-order valence-electron chi connectivity index (χ3n) is 5.82. The second kappa shape index (κ2) is 8.22. The molecule has 1 aliphatic rings. The van der Waals surface area contributed by atoms with E-state index in [1.165, 1.54) is 14.2 Å². The van der Waals surface area contributed by atoms with Gasteiger partial charge in [0, 0.05) is 22.7 Å². The van der Waals surface area contributed by atoms with Gasteiger partial charge in [-0.1, -0.05) is 18.9 Å². The minimum Gasteiger partial charge on any atom is -0.496 e. The first-order valence-corrected chi connectivity index (χ1v) is 10.2. The lowest BCUT2D eigenvalue weighted by molar-refractivity contribution is -0.119. The Morgan fingerprint density at radius 3 is 2.30 bits per heavy atom. The predicted octanol–water partition coefficient (Wildman–Crippen LogP) is 4.78. The van der Waals surface area contributed by atoms with Crippen LogP contribution in [-0.4, -0.2) is 30.6 Å². The number of ether oxygens (including phenoxy) is 2. The van der Waals surface area contributed by atoms with E-state index < -0.39 is 0 Å². The van der Waals surface area contributed by atoms with Crippen molar-refractivity contribution in [2.75, 3.05) is 19.5 Å². The number of anilines is 1. The molecule has 1 fully saturated rings. The van der Waals surface area contributed by atoms with E-state index in [4.69, 9.17) is 9.47 Å². The van der Waals surface area contributed by atoms with Crippen molar-refractivity contribution in [1.82, 2.24) is 4.57 Å². The molecule has 3 aromatic rings. The van der Waals surface area contributed by atoms with E-state index in [1.807, 2.05) is 31.2 Å². The lowest BCUT2D eigenvalue weighted by atomic mass is 10.1. The van der Waals surface area contributed by atoms with Gasteiger partial charge in [-0.25, -0.2) is 0 Å². The Balaban J connectivity index is 1.70. The van der Waals surface area contributed by atoms with E-state index in [1.54, 1.807) is 22.8 Å². The van der Waals surface area contributed by atoms with Crippen molar-refractivity contribution in [1.29, 1.82) is 0 Å². The topological polar surface area (TPSA) is 69.6 Å². The van der Waals surface area contributed by atoms with Crippen molar-refractivity contribution >= 4 is 28.4 Å². The zero-order chi connectivity index (χ0) is 21.3. The molecule has 30 heavy (non-hydrogen) atoms. The highest BCUT2D eigenvalue weighted by molar-refractivity contribution is 6.07. The van der Waals surface area contributed by atoms with Gasteiger partial charge in [0.15, 0.2) is 0 Å². The van der Waals surface area contributed by atoms with Crippen LogP contribution in [0.2, 0.25) is 0 Å². The van der Waals surface area contributed by atoms with Gasteiger partial charge < -0.3 is 14.8 Å². The Morgan fingerprint density at radius 2 is 1.67 bits per heavy atom. The number of nitrogens with one attached hydrogen (secondary N) is 1. The Kier molecular flexibility index (Phi) is 5.48. The smallest absolute Gasteiger partial charge is 0.270 e. The standard InChI is InChI=1S/C24H26N2O4/c1-15-13-17-14-18(25-23(27)16-7-4-5-8-16)11-12-19(17)26(15)24(28)22-20(29-2)9-6-10-21(22)30-3/h6,9-14,16H,4-5,7-8H2,1-3H3,(H,25,27). The molecular weight excluding hydrogens is 380 g/mol. The number of aryl methyl sites for hydroxylation is 1. The molecule has 4 rings (SSSR count). The fraction of sp³-hybridized carbons (Fsp3) is 0.333. The third kappa shape index (κ3) is 3.54. The van der Waals surface area contributed by atoms with Crippen LogP contribution in [0.1, 0.15) is 41.7 Å². The van der Waals surface area contributed by atoms with Crippen molar-refractivity contribution in [3.05, 3.63) is 53.7 Å². The Morgan fingerprint density at radius 1 is 1.00 bits per heavy atom. The van der Waals surface area contributed by atoms with Gasteiger partial charge in [-0.2, -0.15) is 0 Å². The van der Waals surface area contributed by atoms with Crippen LogP contribution in [0.25, 0.3) is 10.9 Å². The normalized spacial score (nSPS) is 14.1. The van der Waals surface area contributed by atoms with E-state index >= 15 is 0 Å². The zero-order valence-electron chi connectivity index (χ0n) is 17.5. The number of amides is 1. The van der Waals surface area contributed by atoms with Crippen molar-refractivity contribution in [2.45, 2.75) is 32.6 Å². The van der Waals surface area contributed by atoms with Crippen LogP contribution in [0.15, 0.2) is 42.5 Å². The molecule has 6 heteroatoms. The van der Waals surface area contributed by atoms with E-state index in [0.29, 0.717) is 17.1 Å². The van der Waals surface area contributed by atoms with Crippen molar-refractivity contribution in [2.24, 2.45) is 5.92 Å². The minimum absolute atomic E-state index is 0.0813. The second-order valence-corrected chi connectivity index (χ2v) is 7.71. The SMILES string of the molecule is COc1cccc(OC)c1C(=O)n1c(C)cc2cc(NC(=O)C3CCCC3)ccc21. The first-order chi connectivity index (χ1) is 14.5. The van der Waals surface area contributed by atoms with Crippen molar-refractivity contribution < 1.29 is 19.1 Å². The van der Waals surface area contributed by atoms with Gasteiger partial charge in [-0.05, 0) is 56.2 Å². The van der Waals surface area contributed by atoms with E-state index in [9.17, 15) is 9.59 Å². The van der Waals surface area contributed by atoms with Crippen LogP contribution in [0.4, 0.5) is 5.69 Å². The Bertz CT molecular complexity index is 1090. The monoisotopic (exact) mass is 406 g/mol. The lowest BCUT2D eigenvalue weighted by Gasteiger charge is -2.14. The molecule has 1 saturated carbocycles. The van der Waals surface area contributed by atoms with Crippen LogP contribution in [-0.2, 0) is 4.79 Å². The number of benzene rings is 2. The molecule has 1 amide bonds. The number of carbonyl (C=O) groups is 2. The van der Waals surface area contributed by atoms with Gasteiger partial charge in [0.1, 0.15) is 17.1 Å². The molecule has 0 saturated heterocycles. The van der Waals surface area contributed by atoms with Gasteiger partial charge in [-0.3, -0.25) is 14.2 Å². The summed E-state index contributed by atoms with van der Waals surface area (Å²) in [6, 6.07) is 12.8. The zero-order valence-corrected chi connectivity index (χ0v) is 17.5. The molecule has 0 atom stereocenters. The largest absolute Gasteiger partial charge is 0.496 e. The van der Waals surface area contributed by atoms with Crippen LogP contribution >= 0.6 is 0 Å². The van der Waals surface area contributed by atoms with E-state index in [-0.39, 0.29) is 17.7 Å². The van der Waals surface area contributed by atoms with Gasteiger partial charge in [0.05, 0.1) is 19.7 Å². The number of methoxy groups -OCH3 is 2. The van der Waals surface area contributed by atoms with E-state index in [0.717, 1.165) is 48.0 Å². The average molecular weight is 406 g/mol. The van der Waals surface area contributed by atoms with Crippen molar-refractivity contribution in [3.63, 3.8) is 0 Å². The summed E-state index contributed by atoms with van der Waals surface area (Å²) in [5, 5.41) is 3.92. The molecule has 0 unspecified atom stereocenters. The molecule has 156 valence electrons. The molecule has 1 aliphatic carbocycles. The molecule has 6 nitrogen and oxygen atoms in total. The molecule has 1 aromatic heterocycles. The summed E-state index contributed by atoms with van der Waals surface area (Å²) in [4.78, 5) is 25.9. The van der Waals surface area contributed by atoms with Crippen LogP contribution < -0.4 is 14.8 Å². The number of hydrogen-bond donors (Lipinski definition) is 1. The van der Waals surface area contributed by atoms with Crippen LogP contribution in [0.5, 0.6) is 11.5 Å². The quantitative estimate of drug-likeness (QED) is 0.662. The molecule has 0 bridgehead atoms. The predicted molar refractivity (Wildman–Crippen MR) is 117 cm³/mol. The molecule has 1 heterocycles. The highest BCUT2D eigenvalue weighted by atomic mass is 16.5. The maximum atomic E-state index is 13.5. The number of nitrogens with zero attached hydrogens (tertiary/aromatic N) is 1. The van der Waals surface area contributed by atoms with E-state index in [2.05, 4.69) is 5.32 Å². The fourth-order valence-electron chi connectivity index (χ4n) is 4.31. The van der Waals surface area contributed by atoms with Gasteiger partial charge in [0.2, 0.25) is 5.91 Å². The number of aromatic nitrogens is 1. The number of hydrogen-bond acceptors (Lipinski definition) is 4. The molecule has 0 spiro atoms. The first-order valence-electron chi connectivity index (χ1n) is 10.2. The third-order valence-corrected chi connectivity index (χ3v) is 5.82. The maximum absolute atomic E-state index is 13.5. The number of rotatable bonds is 5. The van der Waals surface area contributed by atoms with Crippen LogP contribution in [0.3, 0.4) is 0 Å². The summed E-state index contributed by atoms with van der Waals surface area (Å²) < 4.78 is 12.5. The molecular formula is C24H26N2O4. The highest BCUT2D eigenvalue weighted by Crippen LogP contribution is 2.32. The summed E-state index contributed by atoms with van der Waals surface area (Å²) in [5.74, 6) is 0.881. The van der Waals surface area contributed by atoms with Gasteiger partial charge in [-0.15, -0.1) is 0 Å². The molecule has 0 radical (unpaired) electrons. The summed E-state index contributed by atoms with van der Waals surface area (Å²) in [6.45, 7) is 1.89. The highest BCUT2D eigenvalue weighted by Gasteiger charge is 2.24. The summed E-state index contributed by atoms with van der Waals surface area (Å²) >= 11 is 0. The maximum Gasteiger partial charge on any atom is 0.270 e. The van der Waals surface area contributed by atoms with Gasteiger partial charge in [0.25, 0.3) is 5.91 Å². The van der Waals surface area contributed by atoms with Gasteiger partial charge >= 0.3 is 0 Å². The lowest BCUT2D eigenvalue weighted by Crippen LogP contribution is -2.20. The molecule has 0 aliphatic heterocycles. The number of carbonyl (C=O) groups excluding carboxylic acids is 2. The minimum atomic E-state index is -0.223. The first kappa shape index (κ1) is 20.0. The Labute approximate surface area is 175 Å². The second-order valence-electron chi connectivity index (χ2n) is 7.71. The Hall–Kier alpha value is -3.28. The number of fused-ring (bicyclic) bond motifs is 1. The van der Waals surface area contributed by atoms with Crippen molar-refractivity contribution in [3.8, 4) is 11.5 Å². The average Bonchev–Trinajstić information content (AvgIpc) is 3.39. The summed E-state index contributed by atoms with van der Waals surface area (Å²) in [6.07, 6.45) is 4.15. The summed E-state index contributed by atoms with van der Waals surface area (Å²) in [5.41, 5.74) is 2.69. The van der Waals surface area contributed by atoms with Crippen LogP contribution in [0, 0.1) is 12.8 Å². The summed E-state index contributed by atoms with van der Waals surface area (Å²) in [7, 11) is 3.07. The molecule has 2 aromatic carbocycles.